The number of likely N-dealkylation sites (tertiary alicyclic amines) is 1. The summed E-state index contributed by atoms with van der Waals surface area (Å²) in [5.74, 6) is -0.499. The summed E-state index contributed by atoms with van der Waals surface area (Å²) in [6.07, 6.45) is 0.523. The van der Waals surface area contributed by atoms with Gasteiger partial charge in [-0.15, -0.1) is 0 Å². The number of carbonyl (C=O) groups is 2. The number of piperidine rings is 1. The Hall–Kier alpha value is -2.11. The van der Waals surface area contributed by atoms with Crippen LogP contribution < -0.4 is 10.5 Å². The molecule has 0 saturated carbocycles. The quantitative estimate of drug-likeness (QED) is 0.910. The Balaban J connectivity index is 1.88. The maximum absolute atomic E-state index is 12.8. The molecule has 1 fully saturated rings. The van der Waals surface area contributed by atoms with E-state index in [1.165, 1.54) is 24.3 Å². The zero-order valence-corrected chi connectivity index (χ0v) is 11.9. The van der Waals surface area contributed by atoms with E-state index in [9.17, 15) is 14.0 Å². The normalized spacial score (nSPS) is 17.3. The van der Waals surface area contributed by atoms with Crippen LogP contribution in [0, 0.1) is 11.7 Å². The summed E-state index contributed by atoms with van der Waals surface area (Å²) in [5.41, 5.74) is 5.27. The van der Waals surface area contributed by atoms with Crippen molar-refractivity contribution < 1.29 is 18.7 Å². The largest absolute Gasteiger partial charge is 0.481 e. The molecule has 1 aliphatic heterocycles. The third-order valence-electron chi connectivity index (χ3n) is 3.68. The fourth-order valence-corrected chi connectivity index (χ4v) is 2.41. The van der Waals surface area contributed by atoms with E-state index in [0.717, 1.165) is 0 Å². The Labute approximate surface area is 122 Å². The van der Waals surface area contributed by atoms with Gasteiger partial charge in [-0.2, -0.15) is 0 Å². The molecule has 0 aromatic heterocycles. The van der Waals surface area contributed by atoms with Crippen LogP contribution >= 0.6 is 0 Å². The number of nitrogens with zero attached hydrogens (tertiary/aromatic N) is 1. The SMILES string of the molecule is C[C@H](Oc1ccc(F)cc1)C(=O)N1CCC(C(N)=O)CC1. The third-order valence-corrected chi connectivity index (χ3v) is 3.68. The van der Waals surface area contributed by atoms with E-state index in [0.29, 0.717) is 31.7 Å². The summed E-state index contributed by atoms with van der Waals surface area (Å²) < 4.78 is 18.3. The molecule has 1 aromatic carbocycles. The minimum absolute atomic E-state index is 0.137. The highest BCUT2D eigenvalue weighted by Crippen LogP contribution is 2.19. The lowest BCUT2D eigenvalue weighted by Crippen LogP contribution is -2.46. The first-order chi connectivity index (χ1) is 9.97. The molecular weight excluding hydrogens is 275 g/mol. The second-order valence-electron chi connectivity index (χ2n) is 5.22. The molecule has 1 saturated heterocycles. The summed E-state index contributed by atoms with van der Waals surface area (Å²) in [7, 11) is 0. The number of benzene rings is 1. The molecule has 1 aromatic rings. The number of hydrogen-bond acceptors (Lipinski definition) is 3. The van der Waals surface area contributed by atoms with Crippen molar-refractivity contribution in [2.45, 2.75) is 25.9 Å². The highest BCUT2D eigenvalue weighted by Gasteiger charge is 2.28. The first-order valence-electron chi connectivity index (χ1n) is 6.97. The van der Waals surface area contributed by atoms with Gasteiger partial charge in [-0.25, -0.2) is 4.39 Å². The monoisotopic (exact) mass is 294 g/mol. The summed E-state index contributed by atoms with van der Waals surface area (Å²) in [4.78, 5) is 25.0. The molecule has 0 bridgehead atoms. The number of primary amides is 1. The maximum Gasteiger partial charge on any atom is 0.263 e. The van der Waals surface area contributed by atoms with Crippen molar-refractivity contribution in [1.82, 2.24) is 4.90 Å². The number of hydrogen-bond donors (Lipinski definition) is 1. The van der Waals surface area contributed by atoms with Crippen molar-refractivity contribution in [2.24, 2.45) is 11.7 Å². The summed E-state index contributed by atoms with van der Waals surface area (Å²) in [5, 5.41) is 0. The van der Waals surface area contributed by atoms with Crippen LogP contribution in [0.15, 0.2) is 24.3 Å². The number of carbonyl (C=O) groups excluding carboxylic acids is 2. The highest BCUT2D eigenvalue weighted by atomic mass is 19.1. The van der Waals surface area contributed by atoms with Crippen molar-refractivity contribution in [3.8, 4) is 5.75 Å². The number of halogens is 1. The van der Waals surface area contributed by atoms with Crippen molar-refractivity contribution >= 4 is 11.8 Å². The third kappa shape index (κ3) is 3.93. The van der Waals surface area contributed by atoms with E-state index in [1.807, 2.05) is 0 Å². The van der Waals surface area contributed by atoms with Gasteiger partial charge in [0.15, 0.2) is 6.10 Å². The average molecular weight is 294 g/mol. The van der Waals surface area contributed by atoms with Crippen LogP contribution in [-0.2, 0) is 9.59 Å². The summed E-state index contributed by atoms with van der Waals surface area (Å²) in [6.45, 7) is 2.67. The second-order valence-corrected chi connectivity index (χ2v) is 5.22. The minimum Gasteiger partial charge on any atom is -0.481 e. The number of nitrogens with two attached hydrogens (primary N) is 1. The van der Waals surface area contributed by atoms with Gasteiger partial charge in [-0.3, -0.25) is 9.59 Å². The topological polar surface area (TPSA) is 72.6 Å². The zero-order valence-electron chi connectivity index (χ0n) is 11.9. The van der Waals surface area contributed by atoms with E-state index in [-0.39, 0.29) is 23.5 Å². The predicted octanol–water partition coefficient (Wildman–Crippen LogP) is 1.32. The van der Waals surface area contributed by atoms with Gasteiger partial charge >= 0.3 is 0 Å². The first-order valence-corrected chi connectivity index (χ1v) is 6.97. The van der Waals surface area contributed by atoms with Crippen molar-refractivity contribution in [2.75, 3.05) is 13.1 Å². The average Bonchev–Trinajstić information content (AvgIpc) is 2.49. The molecule has 5 nitrogen and oxygen atoms in total. The van der Waals surface area contributed by atoms with E-state index < -0.39 is 6.10 Å². The lowest BCUT2D eigenvalue weighted by Gasteiger charge is -2.32. The molecule has 0 spiro atoms. The molecule has 0 unspecified atom stereocenters. The van der Waals surface area contributed by atoms with Gasteiger partial charge in [0.05, 0.1) is 0 Å². The Kier molecular flexibility index (Phi) is 4.77. The predicted molar refractivity (Wildman–Crippen MR) is 75.0 cm³/mol. The number of ether oxygens (including phenoxy) is 1. The van der Waals surface area contributed by atoms with Crippen LogP contribution in [-0.4, -0.2) is 35.9 Å². The van der Waals surface area contributed by atoms with Gasteiger partial charge in [0, 0.05) is 19.0 Å². The molecule has 1 aliphatic rings. The van der Waals surface area contributed by atoms with Crippen molar-refractivity contribution in [3.63, 3.8) is 0 Å². The molecule has 0 radical (unpaired) electrons. The van der Waals surface area contributed by atoms with Crippen LogP contribution in [0.2, 0.25) is 0 Å². The molecule has 21 heavy (non-hydrogen) atoms. The van der Waals surface area contributed by atoms with Crippen LogP contribution in [0.25, 0.3) is 0 Å². The van der Waals surface area contributed by atoms with Gasteiger partial charge in [0.1, 0.15) is 11.6 Å². The minimum atomic E-state index is -0.652. The van der Waals surface area contributed by atoms with Gasteiger partial charge < -0.3 is 15.4 Å². The number of rotatable bonds is 4. The van der Waals surface area contributed by atoms with E-state index in [2.05, 4.69) is 0 Å². The number of amides is 2. The molecular formula is C15H19FN2O3. The van der Waals surface area contributed by atoms with Crippen molar-refractivity contribution in [3.05, 3.63) is 30.1 Å². The van der Waals surface area contributed by atoms with Crippen molar-refractivity contribution in [1.29, 1.82) is 0 Å². The maximum atomic E-state index is 12.8. The second kappa shape index (κ2) is 6.56. The van der Waals surface area contributed by atoms with E-state index in [1.54, 1.807) is 11.8 Å². The lowest BCUT2D eigenvalue weighted by atomic mass is 9.96. The van der Waals surface area contributed by atoms with E-state index in [4.69, 9.17) is 10.5 Å². The lowest BCUT2D eigenvalue weighted by molar-refractivity contribution is -0.140. The fraction of sp³-hybridized carbons (Fsp3) is 0.467. The molecule has 2 rings (SSSR count). The molecule has 1 heterocycles. The fourth-order valence-electron chi connectivity index (χ4n) is 2.41. The Morgan fingerprint density at radius 2 is 1.86 bits per heavy atom. The molecule has 0 aliphatic carbocycles. The Morgan fingerprint density at radius 3 is 2.38 bits per heavy atom. The molecule has 6 heteroatoms. The summed E-state index contributed by atoms with van der Waals surface area (Å²) in [6, 6.07) is 5.53. The first kappa shape index (κ1) is 15.3. The summed E-state index contributed by atoms with van der Waals surface area (Å²) >= 11 is 0. The zero-order chi connectivity index (χ0) is 15.4. The van der Waals surface area contributed by atoms with Gasteiger partial charge in [0.2, 0.25) is 5.91 Å². The van der Waals surface area contributed by atoms with Gasteiger partial charge in [-0.1, -0.05) is 0 Å². The highest BCUT2D eigenvalue weighted by molar-refractivity contribution is 5.82. The molecule has 114 valence electrons. The molecule has 2 N–H and O–H groups in total. The van der Waals surface area contributed by atoms with Gasteiger partial charge in [-0.05, 0) is 44.0 Å². The van der Waals surface area contributed by atoms with Crippen LogP contribution in [0.1, 0.15) is 19.8 Å². The Bertz CT molecular complexity index is 510. The molecule has 1 atom stereocenters. The smallest absolute Gasteiger partial charge is 0.263 e. The van der Waals surface area contributed by atoms with E-state index >= 15 is 0 Å². The van der Waals surface area contributed by atoms with Crippen LogP contribution in [0.4, 0.5) is 4.39 Å². The standard InChI is InChI=1S/C15H19FN2O3/c1-10(21-13-4-2-12(16)3-5-13)15(20)18-8-6-11(7-9-18)14(17)19/h2-5,10-11H,6-9H2,1H3,(H2,17,19)/t10-/m0/s1. The van der Waals surface area contributed by atoms with Gasteiger partial charge in [0.25, 0.3) is 5.91 Å². The van der Waals surface area contributed by atoms with Crippen LogP contribution in [0.5, 0.6) is 5.75 Å². The van der Waals surface area contributed by atoms with Crippen LogP contribution in [0.3, 0.4) is 0 Å². The molecule has 2 amide bonds. The Morgan fingerprint density at radius 1 is 1.29 bits per heavy atom.